The number of fused-ring (bicyclic) bond motifs is 3. The molecule has 6 aromatic rings. The van der Waals surface area contributed by atoms with Crippen LogP contribution in [0.15, 0.2) is 121 Å². The molecule has 1 heterocycles. The molecule has 4 heteroatoms. The Morgan fingerprint density at radius 3 is 2.14 bits per heavy atom. The van der Waals surface area contributed by atoms with Gasteiger partial charge in [0, 0.05) is 27.6 Å². The highest BCUT2D eigenvalue weighted by Gasteiger charge is 2.16. The zero-order valence-corrected chi connectivity index (χ0v) is 19.5. The monoisotopic (exact) mass is 472 g/mol. The Morgan fingerprint density at radius 2 is 1.34 bits per heavy atom. The van der Waals surface area contributed by atoms with Gasteiger partial charge >= 0.3 is 0 Å². The van der Waals surface area contributed by atoms with Crippen LogP contribution in [-0.2, 0) is 0 Å². The van der Waals surface area contributed by atoms with Crippen molar-refractivity contribution in [2.24, 2.45) is 0 Å². The predicted molar refractivity (Wildman–Crippen MR) is 146 cm³/mol. The van der Waals surface area contributed by atoms with Gasteiger partial charge in [-0.1, -0.05) is 84.4 Å². The Morgan fingerprint density at radius 1 is 0.657 bits per heavy atom. The van der Waals surface area contributed by atoms with Gasteiger partial charge in [-0.25, -0.2) is 0 Å². The number of halogens is 1. The van der Waals surface area contributed by atoms with Crippen LogP contribution in [0.1, 0.15) is 10.4 Å². The first-order valence-electron chi connectivity index (χ1n) is 11.4. The average molecular weight is 473 g/mol. The zero-order valence-electron chi connectivity index (χ0n) is 18.8. The molecule has 0 atom stereocenters. The lowest BCUT2D eigenvalue weighted by Gasteiger charge is -2.14. The van der Waals surface area contributed by atoms with Gasteiger partial charge in [0.2, 0.25) is 0 Å². The van der Waals surface area contributed by atoms with Crippen molar-refractivity contribution >= 4 is 45.0 Å². The lowest BCUT2D eigenvalue weighted by molar-refractivity contribution is 0.102. The van der Waals surface area contributed by atoms with Crippen molar-refractivity contribution in [1.29, 1.82) is 0 Å². The van der Waals surface area contributed by atoms with E-state index in [1.54, 1.807) is 18.2 Å². The Bertz CT molecular complexity index is 1690. The Kier molecular flexibility index (Phi) is 5.32. The van der Waals surface area contributed by atoms with E-state index >= 15 is 0 Å². The van der Waals surface area contributed by atoms with Gasteiger partial charge in [0.05, 0.1) is 21.7 Å². The van der Waals surface area contributed by atoms with Gasteiger partial charge in [0.25, 0.3) is 5.91 Å². The molecule has 35 heavy (non-hydrogen) atoms. The van der Waals surface area contributed by atoms with Gasteiger partial charge in [0.1, 0.15) is 0 Å². The number of carbonyl (C=O) groups is 1. The number of benzene rings is 5. The molecule has 0 aliphatic rings. The number of anilines is 1. The van der Waals surface area contributed by atoms with E-state index in [1.807, 2.05) is 36.4 Å². The van der Waals surface area contributed by atoms with Crippen LogP contribution in [-0.4, -0.2) is 10.5 Å². The Balaban J connectivity index is 1.52. The van der Waals surface area contributed by atoms with E-state index in [4.69, 9.17) is 11.6 Å². The molecule has 0 bridgehead atoms. The highest BCUT2D eigenvalue weighted by molar-refractivity contribution is 6.35. The molecule has 0 aliphatic carbocycles. The number of nitrogens with zero attached hydrogens (tertiary/aromatic N) is 1. The SMILES string of the molecule is O=C(Nc1c(Cl)cccc1-c1ccc2c(c1)c1ccccc1n2-c1ccccc1)c1ccccc1. The van der Waals surface area contributed by atoms with Crippen LogP contribution < -0.4 is 5.32 Å². The van der Waals surface area contributed by atoms with E-state index in [2.05, 4.69) is 76.6 Å². The third-order valence-electron chi connectivity index (χ3n) is 6.29. The van der Waals surface area contributed by atoms with Crippen molar-refractivity contribution < 1.29 is 4.79 Å². The molecular weight excluding hydrogens is 452 g/mol. The lowest BCUT2D eigenvalue weighted by Crippen LogP contribution is -2.12. The molecule has 5 aromatic carbocycles. The highest BCUT2D eigenvalue weighted by atomic mass is 35.5. The number of nitrogens with one attached hydrogen (secondary N) is 1. The maximum Gasteiger partial charge on any atom is 0.255 e. The number of rotatable bonds is 4. The molecule has 0 saturated carbocycles. The molecule has 1 N–H and O–H groups in total. The third-order valence-corrected chi connectivity index (χ3v) is 6.60. The molecule has 0 aliphatic heterocycles. The molecule has 0 spiro atoms. The third kappa shape index (κ3) is 3.76. The minimum Gasteiger partial charge on any atom is -0.320 e. The summed E-state index contributed by atoms with van der Waals surface area (Å²) in [7, 11) is 0. The van der Waals surface area contributed by atoms with Crippen molar-refractivity contribution in [2.45, 2.75) is 0 Å². The van der Waals surface area contributed by atoms with E-state index in [1.165, 1.54) is 5.39 Å². The molecule has 1 aromatic heterocycles. The molecule has 1 amide bonds. The van der Waals surface area contributed by atoms with Gasteiger partial charge in [-0.05, 0) is 54.1 Å². The molecule has 0 unspecified atom stereocenters. The van der Waals surface area contributed by atoms with Crippen LogP contribution in [0.2, 0.25) is 5.02 Å². The summed E-state index contributed by atoms with van der Waals surface area (Å²) in [6.45, 7) is 0. The highest BCUT2D eigenvalue weighted by Crippen LogP contribution is 2.39. The summed E-state index contributed by atoms with van der Waals surface area (Å²) in [5, 5.41) is 5.84. The topological polar surface area (TPSA) is 34.0 Å². The van der Waals surface area contributed by atoms with Crippen LogP contribution in [0.4, 0.5) is 5.69 Å². The number of amides is 1. The quantitative estimate of drug-likeness (QED) is 0.275. The lowest BCUT2D eigenvalue weighted by atomic mass is 10.0. The minimum absolute atomic E-state index is 0.193. The molecule has 3 nitrogen and oxygen atoms in total. The van der Waals surface area contributed by atoms with Gasteiger partial charge in [-0.15, -0.1) is 0 Å². The van der Waals surface area contributed by atoms with Crippen LogP contribution in [0.5, 0.6) is 0 Å². The van der Waals surface area contributed by atoms with Gasteiger partial charge in [-0.2, -0.15) is 0 Å². The summed E-state index contributed by atoms with van der Waals surface area (Å²) in [5.41, 5.74) is 6.44. The van der Waals surface area contributed by atoms with Crippen molar-refractivity contribution in [3.8, 4) is 16.8 Å². The fraction of sp³-hybridized carbons (Fsp3) is 0. The number of aromatic nitrogens is 1. The molecule has 0 saturated heterocycles. The Labute approximate surface area is 208 Å². The van der Waals surface area contributed by atoms with Crippen LogP contribution >= 0.6 is 11.6 Å². The second-order valence-electron chi connectivity index (χ2n) is 8.40. The standard InChI is InChI=1S/C31H21ClN2O/c32-27-16-9-15-24(30(27)33-31(35)21-10-3-1-4-11-21)22-18-19-29-26(20-22)25-14-7-8-17-28(25)34(29)23-12-5-2-6-13-23/h1-20H,(H,33,35). The summed E-state index contributed by atoms with van der Waals surface area (Å²) in [5.74, 6) is -0.193. The number of para-hydroxylation sites is 3. The number of hydrogen-bond acceptors (Lipinski definition) is 1. The van der Waals surface area contributed by atoms with E-state index in [0.717, 1.165) is 33.2 Å². The summed E-state index contributed by atoms with van der Waals surface area (Å²) in [6.07, 6.45) is 0. The van der Waals surface area contributed by atoms with Crippen LogP contribution in [0.25, 0.3) is 38.6 Å². The normalized spacial score (nSPS) is 11.1. The summed E-state index contributed by atoms with van der Waals surface area (Å²) in [6, 6.07) is 40.1. The van der Waals surface area contributed by atoms with Gasteiger partial charge in [0.15, 0.2) is 0 Å². The van der Waals surface area contributed by atoms with Crippen LogP contribution in [0, 0.1) is 0 Å². The van der Waals surface area contributed by atoms with Gasteiger partial charge < -0.3 is 9.88 Å². The van der Waals surface area contributed by atoms with Crippen molar-refractivity contribution in [2.75, 3.05) is 5.32 Å². The van der Waals surface area contributed by atoms with Crippen molar-refractivity contribution in [1.82, 2.24) is 4.57 Å². The average Bonchev–Trinajstić information content (AvgIpc) is 3.24. The second kappa shape index (κ2) is 8.79. The summed E-state index contributed by atoms with van der Waals surface area (Å²) >= 11 is 6.59. The Hall–Kier alpha value is -4.34. The van der Waals surface area contributed by atoms with Crippen molar-refractivity contribution in [3.05, 3.63) is 132 Å². The van der Waals surface area contributed by atoms with E-state index in [9.17, 15) is 4.79 Å². The summed E-state index contributed by atoms with van der Waals surface area (Å²) in [4.78, 5) is 12.9. The van der Waals surface area contributed by atoms with E-state index in [-0.39, 0.29) is 5.91 Å². The fourth-order valence-corrected chi connectivity index (χ4v) is 4.88. The number of carbonyl (C=O) groups excluding carboxylic acids is 1. The first-order chi connectivity index (χ1) is 17.2. The molecule has 0 fully saturated rings. The van der Waals surface area contributed by atoms with E-state index < -0.39 is 0 Å². The smallest absolute Gasteiger partial charge is 0.255 e. The molecular formula is C31H21ClN2O. The molecule has 0 radical (unpaired) electrons. The maximum absolute atomic E-state index is 12.9. The van der Waals surface area contributed by atoms with E-state index in [0.29, 0.717) is 16.3 Å². The number of hydrogen-bond donors (Lipinski definition) is 1. The maximum atomic E-state index is 12.9. The zero-order chi connectivity index (χ0) is 23.8. The first-order valence-corrected chi connectivity index (χ1v) is 11.8. The minimum atomic E-state index is -0.193. The second-order valence-corrected chi connectivity index (χ2v) is 8.81. The fourth-order valence-electron chi connectivity index (χ4n) is 4.66. The summed E-state index contributed by atoms with van der Waals surface area (Å²) < 4.78 is 2.28. The van der Waals surface area contributed by atoms with Crippen molar-refractivity contribution in [3.63, 3.8) is 0 Å². The largest absolute Gasteiger partial charge is 0.320 e. The van der Waals surface area contributed by atoms with Crippen LogP contribution in [0.3, 0.4) is 0 Å². The molecule has 168 valence electrons. The molecule has 6 rings (SSSR count). The van der Waals surface area contributed by atoms with Gasteiger partial charge in [-0.3, -0.25) is 4.79 Å². The first kappa shape index (κ1) is 21.2. The predicted octanol–water partition coefficient (Wildman–Crippen LogP) is 8.36.